The van der Waals surface area contributed by atoms with Crippen LogP contribution in [0, 0.1) is 13.8 Å². The van der Waals surface area contributed by atoms with E-state index < -0.39 is 0 Å². The van der Waals surface area contributed by atoms with Gasteiger partial charge in [0.1, 0.15) is 11.4 Å². The Hall–Kier alpha value is -2.53. The molecule has 0 saturated heterocycles. The van der Waals surface area contributed by atoms with E-state index in [1.54, 1.807) is 6.07 Å². The lowest BCUT2D eigenvalue weighted by Crippen LogP contribution is -2.33. The van der Waals surface area contributed by atoms with E-state index in [2.05, 4.69) is 10.5 Å². The molecule has 0 fully saturated rings. The molecule has 4 rings (SSSR count). The molecule has 0 radical (unpaired) electrons. The van der Waals surface area contributed by atoms with Crippen LogP contribution in [0.2, 0.25) is 5.02 Å². The van der Waals surface area contributed by atoms with Crippen molar-refractivity contribution in [3.05, 3.63) is 57.7 Å². The van der Waals surface area contributed by atoms with E-state index in [9.17, 15) is 4.79 Å². The van der Waals surface area contributed by atoms with Crippen molar-refractivity contribution in [1.82, 2.24) is 10.5 Å². The number of fused-ring (bicyclic) bond motifs is 2. The SMILES string of the molecule is Cc1cc(C)c2onc(CC(=O)NC3CCOc4ccc(Cl)cc43)c2c1. The van der Waals surface area contributed by atoms with Crippen LogP contribution in [-0.2, 0) is 11.2 Å². The predicted molar refractivity (Wildman–Crippen MR) is 99.6 cm³/mol. The Morgan fingerprint density at radius 2 is 2.15 bits per heavy atom. The van der Waals surface area contributed by atoms with Gasteiger partial charge in [0.25, 0.3) is 0 Å². The van der Waals surface area contributed by atoms with Gasteiger partial charge in [0.05, 0.1) is 19.1 Å². The van der Waals surface area contributed by atoms with E-state index in [1.165, 1.54) is 0 Å². The van der Waals surface area contributed by atoms with E-state index in [4.69, 9.17) is 20.9 Å². The van der Waals surface area contributed by atoms with E-state index in [1.807, 2.05) is 38.1 Å². The van der Waals surface area contributed by atoms with Gasteiger partial charge in [-0.1, -0.05) is 22.8 Å². The molecule has 5 nitrogen and oxygen atoms in total. The lowest BCUT2D eigenvalue weighted by atomic mass is 10.00. The van der Waals surface area contributed by atoms with Gasteiger partial charge in [-0.3, -0.25) is 4.79 Å². The van der Waals surface area contributed by atoms with Crippen LogP contribution < -0.4 is 10.1 Å². The number of halogens is 1. The molecule has 3 aromatic rings. The molecule has 6 heteroatoms. The second-order valence-corrected chi connectivity index (χ2v) is 7.14. The molecule has 1 aliphatic rings. The Kier molecular flexibility index (Phi) is 4.32. The van der Waals surface area contributed by atoms with Crippen molar-refractivity contribution in [1.29, 1.82) is 0 Å². The number of carbonyl (C=O) groups is 1. The number of benzene rings is 2. The smallest absolute Gasteiger partial charge is 0.226 e. The molecule has 2 aromatic carbocycles. The van der Waals surface area contributed by atoms with Gasteiger partial charge in [0.2, 0.25) is 5.91 Å². The summed E-state index contributed by atoms with van der Waals surface area (Å²) >= 11 is 6.10. The zero-order valence-corrected chi connectivity index (χ0v) is 15.4. The summed E-state index contributed by atoms with van der Waals surface area (Å²) in [5, 5.41) is 8.71. The fourth-order valence-corrected chi connectivity index (χ4v) is 3.66. The second-order valence-electron chi connectivity index (χ2n) is 6.70. The number of carbonyl (C=O) groups excluding carboxylic acids is 1. The fraction of sp³-hybridized carbons (Fsp3) is 0.300. The molecule has 0 aliphatic carbocycles. The summed E-state index contributed by atoms with van der Waals surface area (Å²) in [5.41, 5.74) is 4.44. The molecule has 1 amide bonds. The maximum Gasteiger partial charge on any atom is 0.226 e. The van der Waals surface area contributed by atoms with Crippen molar-refractivity contribution >= 4 is 28.5 Å². The van der Waals surface area contributed by atoms with Gasteiger partial charge in [0, 0.05) is 22.4 Å². The van der Waals surface area contributed by atoms with Crippen LogP contribution in [0.25, 0.3) is 11.0 Å². The number of aromatic nitrogens is 1. The highest BCUT2D eigenvalue weighted by molar-refractivity contribution is 6.30. The van der Waals surface area contributed by atoms with Gasteiger partial charge >= 0.3 is 0 Å². The Morgan fingerprint density at radius 3 is 3.00 bits per heavy atom. The van der Waals surface area contributed by atoms with Gasteiger partial charge < -0.3 is 14.6 Å². The molecule has 1 aromatic heterocycles. The van der Waals surface area contributed by atoms with Crippen molar-refractivity contribution < 1.29 is 14.1 Å². The van der Waals surface area contributed by atoms with Crippen molar-refractivity contribution in [2.45, 2.75) is 32.7 Å². The van der Waals surface area contributed by atoms with Crippen LogP contribution in [-0.4, -0.2) is 17.7 Å². The molecule has 2 heterocycles. The van der Waals surface area contributed by atoms with Crippen molar-refractivity contribution in [3.63, 3.8) is 0 Å². The summed E-state index contributed by atoms with van der Waals surface area (Å²) < 4.78 is 11.1. The Morgan fingerprint density at radius 1 is 1.31 bits per heavy atom. The Balaban J connectivity index is 1.55. The van der Waals surface area contributed by atoms with Gasteiger partial charge in [-0.15, -0.1) is 0 Å². The number of hydrogen-bond acceptors (Lipinski definition) is 4. The van der Waals surface area contributed by atoms with E-state index in [0.717, 1.165) is 33.4 Å². The third-order valence-corrected chi connectivity index (χ3v) is 4.89. The number of amides is 1. The fourth-order valence-electron chi connectivity index (χ4n) is 3.48. The largest absolute Gasteiger partial charge is 0.493 e. The zero-order valence-electron chi connectivity index (χ0n) is 14.6. The average Bonchev–Trinajstić information content (AvgIpc) is 2.98. The molecule has 0 saturated carbocycles. The van der Waals surface area contributed by atoms with Crippen LogP contribution in [0.4, 0.5) is 0 Å². The topological polar surface area (TPSA) is 64.4 Å². The molecule has 1 atom stereocenters. The van der Waals surface area contributed by atoms with E-state index in [0.29, 0.717) is 23.7 Å². The lowest BCUT2D eigenvalue weighted by Gasteiger charge is -2.26. The number of hydrogen-bond donors (Lipinski definition) is 1. The number of ether oxygens (including phenoxy) is 1. The lowest BCUT2D eigenvalue weighted by molar-refractivity contribution is -0.121. The number of nitrogens with zero attached hydrogens (tertiary/aromatic N) is 1. The minimum atomic E-state index is -0.119. The molecule has 134 valence electrons. The number of nitrogens with one attached hydrogen (secondary N) is 1. The van der Waals surface area contributed by atoms with Gasteiger partial charge in [-0.25, -0.2) is 0 Å². The molecule has 26 heavy (non-hydrogen) atoms. The highest BCUT2D eigenvalue weighted by atomic mass is 35.5. The number of rotatable bonds is 3. The molecule has 1 aliphatic heterocycles. The van der Waals surface area contributed by atoms with Crippen molar-refractivity contribution in [3.8, 4) is 5.75 Å². The highest BCUT2D eigenvalue weighted by Crippen LogP contribution is 2.34. The second kappa shape index (κ2) is 6.65. The van der Waals surface area contributed by atoms with Gasteiger partial charge in [-0.05, 0) is 49.2 Å². The van der Waals surface area contributed by atoms with Crippen LogP contribution in [0.5, 0.6) is 5.75 Å². The maximum absolute atomic E-state index is 12.6. The first-order chi connectivity index (χ1) is 12.5. The summed E-state index contributed by atoms with van der Waals surface area (Å²) in [4.78, 5) is 12.6. The molecule has 0 bridgehead atoms. The Labute approximate surface area is 156 Å². The first-order valence-corrected chi connectivity index (χ1v) is 8.96. The van der Waals surface area contributed by atoms with Gasteiger partial charge in [-0.2, -0.15) is 0 Å². The summed E-state index contributed by atoms with van der Waals surface area (Å²) in [7, 11) is 0. The predicted octanol–water partition coefficient (Wildman–Crippen LogP) is 4.28. The molecule has 1 N–H and O–H groups in total. The summed E-state index contributed by atoms with van der Waals surface area (Å²) in [6.07, 6.45) is 0.875. The quantitative estimate of drug-likeness (QED) is 0.747. The zero-order chi connectivity index (χ0) is 18.3. The third-order valence-electron chi connectivity index (χ3n) is 4.65. The van der Waals surface area contributed by atoms with Gasteiger partial charge in [0.15, 0.2) is 5.58 Å². The summed E-state index contributed by atoms with van der Waals surface area (Å²) in [6, 6.07) is 9.40. The molecule has 0 spiro atoms. The van der Waals surface area contributed by atoms with Crippen molar-refractivity contribution in [2.24, 2.45) is 0 Å². The highest BCUT2D eigenvalue weighted by Gasteiger charge is 2.24. The van der Waals surface area contributed by atoms with Crippen LogP contribution in [0.1, 0.15) is 34.8 Å². The monoisotopic (exact) mass is 370 g/mol. The van der Waals surface area contributed by atoms with Crippen LogP contribution >= 0.6 is 11.6 Å². The standard InChI is InChI=1S/C20H19ClN2O3/c1-11-7-12(2)20-15(8-11)17(23-26-20)10-19(24)22-16-5-6-25-18-4-3-13(21)9-14(16)18/h3-4,7-9,16H,5-6,10H2,1-2H3,(H,22,24). The first-order valence-electron chi connectivity index (χ1n) is 8.58. The van der Waals surface area contributed by atoms with E-state index >= 15 is 0 Å². The minimum Gasteiger partial charge on any atom is -0.493 e. The van der Waals surface area contributed by atoms with Crippen LogP contribution in [0.15, 0.2) is 34.9 Å². The first kappa shape index (κ1) is 16.9. The number of aryl methyl sites for hydroxylation is 2. The molecular formula is C20H19ClN2O3. The van der Waals surface area contributed by atoms with Crippen molar-refractivity contribution in [2.75, 3.05) is 6.61 Å². The average molecular weight is 371 g/mol. The van der Waals surface area contributed by atoms with E-state index in [-0.39, 0.29) is 18.4 Å². The third kappa shape index (κ3) is 3.15. The Bertz CT molecular complexity index is 996. The maximum atomic E-state index is 12.6. The van der Waals surface area contributed by atoms with Crippen LogP contribution in [0.3, 0.4) is 0 Å². The normalized spacial score (nSPS) is 16.2. The molecular weight excluding hydrogens is 352 g/mol. The summed E-state index contributed by atoms with van der Waals surface area (Å²) in [5.74, 6) is 0.668. The molecule has 1 unspecified atom stereocenters. The summed E-state index contributed by atoms with van der Waals surface area (Å²) in [6.45, 7) is 4.56. The minimum absolute atomic E-state index is 0.0998.